The molecule has 0 fully saturated rings. The Bertz CT molecular complexity index is 1280. The molecule has 4 aromatic rings. The van der Waals surface area contributed by atoms with Crippen LogP contribution in [-0.4, -0.2) is 15.7 Å². The van der Waals surface area contributed by atoms with Crippen molar-refractivity contribution in [1.82, 2.24) is 15.1 Å². The average Bonchev–Trinajstić information content (AvgIpc) is 3.11. The number of nitrogens with zero attached hydrogens (tertiary/aromatic N) is 2. The van der Waals surface area contributed by atoms with Gasteiger partial charge in [0.1, 0.15) is 6.04 Å². The highest BCUT2D eigenvalue weighted by molar-refractivity contribution is 9.10. The highest BCUT2D eigenvalue weighted by Crippen LogP contribution is 2.33. The minimum absolute atomic E-state index is 0.208. The van der Waals surface area contributed by atoms with Crippen LogP contribution in [0, 0.1) is 6.92 Å². The number of amides is 1. The zero-order valence-corrected chi connectivity index (χ0v) is 18.5. The molecule has 0 unspecified atom stereocenters. The molecule has 0 aliphatic heterocycles. The predicted molar refractivity (Wildman–Crippen MR) is 121 cm³/mol. The van der Waals surface area contributed by atoms with Gasteiger partial charge in [0.25, 0.3) is 5.56 Å². The van der Waals surface area contributed by atoms with Crippen LogP contribution in [0.3, 0.4) is 0 Å². The first-order chi connectivity index (χ1) is 14.0. The summed E-state index contributed by atoms with van der Waals surface area (Å²) in [4.78, 5) is 26.2. The van der Waals surface area contributed by atoms with Gasteiger partial charge in [-0.2, -0.15) is 5.10 Å². The third kappa shape index (κ3) is 3.72. The lowest BCUT2D eigenvalue weighted by Gasteiger charge is -2.17. The maximum Gasteiger partial charge on any atom is 0.276 e. The van der Waals surface area contributed by atoms with Crippen LogP contribution in [0.4, 0.5) is 0 Å². The van der Waals surface area contributed by atoms with E-state index in [1.165, 1.54) is 4.68 Å². The molecule has 0 spiro atoms. The molecule has 5 nitrogen and oxygen atoms in total. The third-order valence-electron chi connectivity index (χ3n) is 4.94. The number of carbonyl (C=O) groups excluding carboxylic acids is 1. The summed E-state index contributed by atoms with van der Waals surface area (Å²) in [6.45, 7) is 4.18. The summed E-state index contributed by atoms with van der Waals surface area (Å²) in [7, 11) is 0. The molecular formula is C22H20BrN3O2S. The van der Waals surface area contributed by atoms with Gasteiger partial charge in [-0.25, -0.2) is 4.68 Å². The topological polar surface area (TPSA) is 64.0 Å². The van der Waals surface area contributed by atoms with Gasteiger partial charge in [-0.3, -0.25) is 9.59 Å². The largest absolute Gasteiger partial charge is 0.350 e. The first kappa shape index (κ1) is 19.8. The van der Waals surface area contributed by atoms with Crippen molar-refractivity contribution in [3.63, 3.8) is 0 Å². The van der Waals surface area contributed by atoms with Gasteiger partial charge < -0.3 is 5.32 Å². The average molecular weight is 470 g/mol. The van der Waals surface area contributed by atoms with Gasteiger partial charge in [-0.15, -0.1) is 11.3 Å². The van der Waals surface area contributed by atoms with Crippen molar-refractivity contribution < 1.29 is 4.79 Å². The maximum absolute atomic E-state index is 13.3. The molecule has 29 heavy (non-hydrogen) atoms. The minimum Gasteiger partial charge on any atom is -0.350 e. The molecule has 0 radical (unpaired) electrons. The number of hydrogen-bond acceptors (Lipinski definition) is 4. The summed E-state index contributed by atoms with van der Waals surface area (Å²) < 4.78 is 4.25. The van der Waals surface area contributed by atoms with Crippen LogP contribution >= 0.6 is 27.3 Å². The third-order valence-corrected chi connectivity index (χ3v) is 6.72. The number of aryl methyl sites for hydroxylation is 1. The number of benzene rings is 2. The number of hydrogen-bond donors (Lipinski definition) is 1. The second kappa shape index (κ2) is 8.08. The van der Waals surface area contributed by atoms with Crippen LogP contribution in [0.5, 0.6) is 0 Å². The quantitative estimate of drug-likeness (QED) is 0.449. The number of rotatable bonds is 5. The molecule has 0 saturated carbocycles. The highest BCUT2D eigenvalue weighted by Gasteiger charge is 2.24. The summed E-state index contributed by atoms with van der Waals surface area (Å²) in [5.74, 6) is -0.208. The first-order valence-electron chi connectivity index (χ1n) is 9.42. The number of fused-ring (bicyclic) bond motifs is 3. The molecule has 0 bridgehead atoms. The van der Waals surface area contributed by atoms with Crippen LogP contribution in [0.25, 0.3) is 20.2 Å². The Morgan fingerprint density at radius 2 is 2.03 bits per heavy atom. The Morgan fingerprint density at radius 1 is 1.24 bits per heavy atom. The fourth-order valence-corrected chi connectivity index (χ4v) is 5.10. The summed E-state index contributed by atoms with van der Waals surface area (Å²) in [5, 5.41) is 9.02. The molecule has 0 saturated heterocycles. The number of carbonyl (C=O) groups is 1. The fraction of sp³-hybridized carbons (Fsp3) is 0.227. The molecule has 0 aliphatic carbocycles. The first-order valence-corrected chi connectivity index (χ1v) is 11.0. The van der Waals surface area contributed by atoms with E-state index in [-0.39, 0.29) is 11.5 Å². The van der Waals surface area contributed by atoms with Crippen molar-refractivity contribution in [2.75, 3.05) is 0 Å². The summed E-state index contributed by atoms with van der Waals surface area (Å²) in [6, 6.07) is 15.0. The van der Waals surface area contributed by atoms with Gasteiger partial charge in [-0.1, -0.05) is 53.2 Å². The van der Waals surface area contributed by atoms with Crippen molar-refractivity contribution in [2.24, 2.45) is 0 Å². The van der Waals surface area contributed by atoms with E-state index in [2.05, 4.69) is 26.3 Å². The van der Waals surface area contributed by atoms with Crippen molar-refractivity contribution in [3.05, 3.63) is 74.6 Å². The predicted octanol–water partition coefficient (Wildman–Crippen LogP) is 4.95. The van der Waals surface area contributed by atoms with E-state index in [1.54, 1.807) is 11.3 Å². The molecule has 1 amide bonds. The lowest BCUT2D eigenvalue weighted by atomic mass is 10.1. The van der Waals surface area contributed by atoms with Gasteiger partial charge >= 0.3 is 0 Å². The standard InChI is InChI=1S/C22H20BrN3O2S/c1-3-17(21(27)24-12-14-7-6-8-15(23)11-14)26-22(28)19-16-9-4-5-10-18(16)29-20(19)13(2)25-26/h4-11,17H,3,12H2,1-2H3,(H,24,27)/t17-/m0/s1. The smallest absolute Gasteiger partial charge is 0.276 e. The zero-order chi connectivity index (χ0) is 20.5. The lowest BCUT2D eigenvalue weighted by Crippen LogP contribution is -2.38. The van der Waals surface area contributed by atoms with Gasteiger partial charge in [0, 0.05) is 21.1 Å². The molecule has 0 aliphatic rings. The van der Waals surface area contributed by atoms with Crippen LogP contribution < -0.4 is 10.9 Å². The molecule has 4 rings (SSSR count). The highest BCUT2D eigenvalue weighted by atomic mass is 79.9. The van der Waals surface area contributed by atoms with Gasteiger partial charge in [-0.05, 0) is 37.1 Å². The monoisotopic (exact) mass is 469 g/mol. The van der Waals surface area contributed by atoms with E-state index in [0.29, 0.717) is 18.4 Å². The Labute approximate surface area is 180 Å². The van der Waals surface area contributed by atoms with Gasteiger partial charge in [0.2, 0.25) is 5.91 Å². The van der Waals surface area contributed by atoms with E-state index in [9.17, 15) is 9.59 Å². The Hall–Kier alpha value is -2.51. The summed E-state index contributed by atoms with van der Waals surface area (Å²) in [6.07, 6.45) is 0.476. The van der Waals surface area contributed by atoms with Gasteiger partial charge in [0.05, 0.1) is 15.8 Å². The second-order valence-electron chi connectivity index (χ2n) is 6.91. The van der Waals surface area contributed by atoms with E-state index >= 15 is 0 Å². The van der Waals surface area contributed by atoms with Crippen LogP contribution in [0.1, 0.15) is 30.6 Å². The second-order valence-corrected chi connectivity index (χ2v) is 8.88. The fourth-order valence-electron chi connectivity index (χ4n) is 3.51. The molecule has 2 aromatic carbocycles. The van der Waals surface area contributed by atoms with Crippen LogP contribution in [0.2, 0.25) is 0 Å². The molecule has 1 N–H and O–H groups in total. The molecule has 7 heteroatoms. The van der Waals surface area contributed by atoms with E-state index < -0.39 is 6.04 Å². The van der Waals surface area contributed by atoms with Crippen molar-refractivity contribution >= 4 is 53.3 Å². The van der Waals surface area contributed by atoms with Gasteiger partial charge in [0.15, 0.2) is 0 Å². The molecule has 148 valence electrons. The number of thiophene rings is 1. The zero-order valence-electron chi connectivity index (χ0n) is 16.1. The van der Waals surface area contributed by atoms with Crippen molar-refractivity contribution in [3.8, 4) is 0 Å². The van der Waals surface area contributed by atoms with E-state index in [0.717, 1.165) is 30.5 Å². The lowest BCUT2D eigenvalue weighted by molar-refractivity contribution is -0.125. The Kier molecular flexibility index (Phi) is 5.52. The van der Waals surface area contributed by atoms with E-state index in [4.69, 9.17) is 0 Å². The molecule has 1 atom stereocenters. The van der Waals surface area contributed by atoms with Crippen LogP contribution in [-0.2, 0) is 11.3 Å². The number of halogens is 1. The molecule has 2 aromatic heterocycles. The Balaban J connectivity index is 1.71. The SMILES string of the molecule is CC[C@@H](C(=O)NCc1cccc(Br)c1)n1nc(C)c2sc3ccccc3c2c1=O. The summed E-state index contributed by atoms with van der Waals surface area (Å²) in [5.41, 5.74) is 1.53. The van der Waals surface area contributed by atoms with Crippen molar-refractivity contribution in [2.45, 2.75) is 32.9 Å². The summed E-state index contributed by atoms with van der Waals surface area (Å²) >= 11 is 5.00. The van der Waals surface area contributed by atoms with E-state index in [1.807, 2.05) is 62.4 Å². The maximum atomic E-state index is 13.3. The normalized spacial score (nSPS) is 12.4. The minimum atomic E-state index is -0.656. The molecular weight excluding hydrogens is 450 g/mol. The number of nitrogens with one attached hydrogen (secondary N) is 1. The van der Waals surface area contributed by atoms with Crippen molar-refractivity contribution in [1.29, 1.82) is 0 Å². The number of aromatic nitrogens is 2. The van der Waals surface area contributed by atoms with Crippen LogP contribution in [0.15, 0.2) is 57.8 Å². The molecule has 2 heterocycles. The Morgan fingerprint density at radius 3 is 2.79 bits per heavy atom.